The van der Waals surface area contributed by atoms with Gasteiger partial charge in [0.25, 0.3) is 5.37 Å². The molecule has 0 spiro atoms. The number of carbonyl (C=O) groups excluding carboxylic acids is 1. The normalized spacial score (nSPS) is 35.4. The lowest BCUT2D eigenvalue weighted by atomic mass is 10.1. The van der Waals surface area contributed by atoms with Gasteiger partial charge in [0.15, 0.2) is 6.20 Å². The number of ketones is 1. The fraction of sp³-hybridized carbons (Fsp3) is 0.429. The summed E-state index contributed by atoms with van der Waals surface area (Å²) in [5.41, 5.74) is 0. The molecule has 2 rings (SSSR count). The van der Waals surface area contributed by atoms with Crippen LogP contribution in [0.2, 0.25) is 0 Å². The number of fused-ring (bicyclic) bond motifs is 1. The second-order valence-corrected chi connectivity index (χ2v) is 4.03. The van der Waals surface area contributed by atoms with Crippen LogP contribution in [-0.2, 0) is 4.79 Å². The molecule has 4 heteroatoms. The number of thioether (sulfide) groups is 1. The summed E-state index contributed by atoms with van der Waals surface area (Å²) >= 11 is 7.30. The molecule has 2 aliphatic heterocycles. The summed E-state index contributed by atoms with van der Waals surface area (Å²) in [5, 5.41) is 1.53. The Bertz CT molecular complexity index is 261. The molecule has 0 bridgehead atoms. The van der Waals surface area contributed by atoms with Crippen LogP contribution in [0.3, 0.4) is 0 Å². The molecule has 0 radical (unpaired) electrons. The Kier molecular flexibility index (Phi) is 1.77. The highest BCUT2D eigenvalue weighted by Crippen LogP contribution is 2.27. The van der Waals surface area contributed by atoms with E-state index in [9.17, 15) is 4.79 Å². The van der Waals surface area contributed by atoms with Crippen LogP contribution in [0.1, 0.15) is 6.42 Å². The smallest absolute Gasteiger partial charge is 0.267 e. The fourth-order valence-corrected chi connectivity index (χ4v) is 2.41. The minimum atomic E-state index is -0.316. The van der Waals surface area contributed by atoms with Crippen LogP contribution in [0.25, 0.3) is 0 Å². The van der Waals surface area contributed by atoms with Gasteiger partial charge in [0.1, 0.15) is 11.6 Å². The van der Waals surface area contributed by atoms with E-state index in [1.165, 1.54) is 11.8 Å². The molecule has 2 atom stereocenters. The Morgan fingerprint density at radius 3 is 3.36 bits per heavy atom. The summed E-state index contributed by atoms with van der Waals surface area (Å²) in [6.45, 7) is 0. The summed E-state index contributed by atoms with van der Waals surface area (Å²) in [4.78, 5) is 11.4. The van der Waals surface area contributed by atoms with Crippen LogP contribution in [-0.4, -0.2) is 27.3 Å². The predicted molar refractivity (Wildman–Crippen MR) is 46.1 cm³/mol. The molecule has 2 heterocycles. The second kappa shape index (κ2) is 2.64. The minimum absolute atomic E-state index is 0.0775. The molecule has 0 aliphatic carbocycles. The largest absolute Gasteiger partial charge is 0.289 e. The van der Waals surface area contributed by atoms with E-state index in [1.54, 1.807) is 0 Å². The van der Waals surface area contributed by atoms with E-state index in [4.69, 9.17) is 11.6 Å². The molecule has 0 aromatic carbocycles. The molecule has 0 aromatic rings. The number of hydrogen-bond acceptors (Lipinski definition) is 2. The average Bonchev–Trinajstić information content (AvgIpc) is 2.45. The van der Waals surface area contributed by atoms with Gasteiger partial charge in [0.2, 0.25) is 5.78 Å². The number of hydrogen-bond donors (Lipinski definition) is 0. The average molecular weight is 189 g/mol. The zero-order valence-electron chi connectivity index (χ0n) is 5.74. The van der Waals surface area contributed by atoms with Crippen LogP contribution in [0.5, 0.6) is 0 Å². The zero-order chi connectivity index (χ0) is 7.84. The number of Topliss-reactive ketones (excluding diaryl/α,β-unsaturated/α-hetero) is 1. The van der Waals surface area contributed by atoms with Gasteiger partial charge >= 0.3 is 0 Å². The molecule has 0 aromatic heterocycles. The van der Waals surface area contributed by atoms with Crippen LogP contribution < -0.4 is 0 Å². The van der Waals surface area contributed by atoms with Crippen molar-refractivity contribution in [2.75, 3.05) is 0 Å². The van der Waals surface area contributed by atoms with E-state index in [-0.39, 0.29) is 16.5 Å². The van der Waals surface area contributed by atoms with Gasteiger partial charge < -0.3 is 0 Å². The van der Waals surface area contributed by atoms with E-state index in [0.29, 0.717) is 6.42 Å². The van der Waals surface area contributed by atoms with Gasteiger partial charge in [-0.25, -0.2) is 0 Å². The maximum absolute atomic E-state index is 11.4. The molecule has 58 valence electrons. The second-order valence-electron chi connectivity index (χ2n) is 2.51. The van der Waals surface area contributed by atoms with Crippen molar-refractivity contribution in [3.05, 3.63) is 11.6 Å². The Labute approximate surface area is 73.9 Å². The van der Waals surface area contributed by atoms with E-state index < -0.39 is 0 Å². The summed E-state index contributed by atoms with van der Waals surface area (Å²) in [5.74, 6) is 0.129. The van der Waals surface area contributed by atoms with Crippen molar-refractivity contribution >= 4 is 35.4 Å². The molecule has 11 heavy (non-hydrogen) atoms. The van der Waals surface area contributed by atoms with Crippen LogP contribution in [0, 0.1) is 0 Å². The lowest BCUT2D eigenvalue weighted by Crippen LogP contribution is -2.37. The Balaban J connectivity index is 2.31. The first-order valence-electron chi connectivity index (χ1n) is 3.40. The molecule has 0 amide bonds. The first kappa shape index (κ1) is 7.37. The van der Waals surface area contributed by atoms with Gasteiger partial charge in [-0.2, -0.15) is 4.58 Å². The third-order valence-corrected chi connectivity index (χ3v) is 3.19. The predicted octanol–water partition coefficient (Wildman–Crippen LogP) is 1.19. The van der Waals surface area contributed by atoms with Crippen molar-refractivity contribution in [1.29, 1.82) is 0 Å². The van der Waals surface area contributed by atoms with Crippen LogP contribution in [0.15, 0.2) is 11.6 Å². The van der Waals surface area contributed by atoms with E-state index >= 15 is 0 Å². The maximum Gasteiger partial charge on any atom is 0.267 e. The lowest BCUT2D eigenvalue weighted by Gasteiger charge is -2.13. The Hall–Kier alpha value is -0.280. The van der Waals surface area contributed by atoms with Gasteiger partial charge in [0.05, 0.1) is 0 Å². The van der Waals surface area contributed by atoms with Crippen LogP contribution >= 0.6 is 23.4 Å². The van der Waals surface area contributed by atoms with E-state index in [2.05, 4.69) is 0 Å². The molecular formula is C7H7ClNOS+. The van der Waals surface area contributed by atoms with Gasteiger partial charge in [-0.1, -0.05) is 0 Å². The highest BCUT2D eigenvalue weighted by atomic mass is 35.5. The monoisotopic (exact) mass is 188 g/mol. The Morgan fingerprint density at radius 1 is 1.73 bits per heavy atom. The van der Waals surface area contributed by atoms with Crippen molar-refractivity contribution in [2.24, 2.45) is 0 Å². The van der Waals surface area contributed by atoms with Crippen molar-refractivity contribution in [1.82, 2.24) is 0 Å². The highest BCUT2D eigenvalue weighted by Gasteiger charge is 2.39. The SMILES string of the molecule is O=C1C(Cl)CC=[N+]2C=CSC12. The molecular weight excluding hydrogens is 182 g/mol. The standard InChI is InChI=1S/C7H7ClNOS/c8-5-1-2-9-3-4-11-7(9)6(5)10/h2-5,7H,1H2/q+1. The lowest BCUT2D eigenvalue weighted by molar-refractivity contribution is -0.454. The molecule has 0 saturated carbocycles. The fourth-order valence-electron chi connectivity index (χ4n) is 1.18. The quantitative estimate of drug-likeness (QED) is 0.421. The Morgan fingerprint density at radius 2 is 2.55 bits per heavy atom. The van der Waals surface area contributed by atoms with Gasteiger partial charge in [0, 0.05) is 11.8 Å². The maximum atomic E-state index is 11.4. The van der Waals surface area contributed by atoms with Crippen molar-refractivity contribution < 1.29 is 9.37 Å². The summed E-state index contributed by atoms with van der Waals surface area (Å²) < 4.78 is 1.92. The third kappa shape index (κ3) is 1.12. The highest BCUT2D eigenvalue weighted by molar-refractivity contribution is 8.03. The van der Waals surface area contributed by atoms with Gasteiger partial charge in [-0.3, -0.25) is 4.79 Å². The molecule has 2 nitrogen and oxygen atoms in total. The number of nitrogens with zero attached hydrogens (tertiary/aromatic N) is 1. The number of halogens is 1. The zero-order valence-corrected chi connectivity index (χ0v) is 7.31. The van der Waals surface area contributed by atoms with Gasteiger partial charge in [-0.05, 0) is 11.8 Å². The molecule has 2 aliphatic rings. The van der Waals surface area contributed by atoms with Crippen molar-refractivity contribution in [2.45, 2.75) is 17.2 Å². The summed E-state index contributed by atoms with van der Waals surface area (Å²) in [6.07, 6.45) is 4.54. The first-order chi connectivity index (χ1) is 5.29. The summed E-state index contributed by atoms with van der Waals surface area (Å²) in [6, 6.07) is 0. The number of rotatable bonds is 0. The van der Waals surface area contributed by atoms with Crippen molar-refractivity contribution in [3.63, 3.8) is 0 Å². The van der Waals surface area contributed by atoms with Gasteiger partial charge in [-0.15, -0.1) is 11.6 Å². The topological polar surface area (TPSA) is 20.1 Å². The first-order valence-corrected chi connectivity index (χ1v) is 4.77. The molecule has 0 saturated heterocycles. The minimum Gasteiger partial charge on any atom is -0.289 e. The van der Waals surface area contributed by atoms with Crippen LogP contribution in [0.4, 0.5) is 0 Å². The van der Waals surface area contributed by atoms with E-state index in [1.807, 2.05) is 22.4 Å². The van der Waals surface area contributed by atoms with E-state index in [0.717, 1.165) is 0 Å². The molecule has 2 unspecified atom stereocenters. The number of carbonyl (C=O) groups is 1. The number of alkyl halides is 1. The molecule has 0 N–H and O–H groups in total. The third-order valence-electron chi connectivity index (χ3n) is 1.79. The van der Waals surface area contributed by atoms with Crippen molar-refractivity contribution in [3.8, 4) is 0 Å². The molecule has 0 fully saturated rings. The summed E-state index contributed by atoms with van der Waals surface area (Å²) in [7, 11) is 0.